The van der Waals surface area contributed by atoms with Crippen LogP contribution in [0.3, 0.4) is 0 Å². The number of unbranched alkanes of at least 4 members (excludes halogenated alkanes) is 12. The van der Waals surface area contributed by atoms with E-state index in [9.17, 15) is 24.3 Å². The van der Waals surface area contributed by atoms with Crippen LogP contribution >= 0.6 is 7.60 Å². The number of aliphatic hydroxyl groups is 1. The number of benzene rings is 1. The summed E-state index contributed by atoms with van der Waals surface area (Å²) in [5, 5.41) is 13.4. The molecule has 1 amide bonds. The third kappa shape index (κ3) is 17.4. The first kappa shape index (κ1) is 36.7. The molecule has 0 unspecified atom stereocenters. The molecule has 10 heteroatoms. The molecule has 43 heavy (non-hydrogen) atoms. The Bertz CT molecular complexity index is 1080. The lowest BCUT2D eigenvalue weighted by Crippen LogP contribution is -2.46. The zero-order valence-electron chi connectivity index (χ0n) is 26.1. The summed E-state index contributed by atoms with van der Waals surface area (Å²) in [5.74, 6) is 1.09. The first-order valence-electron chi connectivity index (χ1n) is 15.9. The van der Waals surface area contributed by atoms with E-state index in [1.54, 1.807) is 37.6 Å². The molecular weight excluding hydrogens is 567 g/mol. The zero-order chi connectivity index (χ0) is 31.3. The van der Waals surface area contributed by atoms with Crippen molar-refractivity contribution in [2.75, 3.05) is 13.3 Å². The van der Waals surface area contributed by atoms with Crippen molar-refractivity contribution < 1.29 is 33.7 Å². The number of methoxy groups -OCH3 is 1. The molecule has 0 fully saturated rings. The average Bonchev–Trinajstić information content (AvgIpc) is 2.98. The maximum absolute atomic E-state index is 12.7. The summed E-state index contributed by atoms with van der Waals surface area (Å²) in [5.41, 5.74) is 1.51. The molecule has 2 atom stereocenters. The summed E-state index contributed by atoms with van der Waals surface area (Å²) < 4.78 is 22.6. The minimum absolute atomic E-state index is 0.219. The fourth-order valence-electron chi connectivity index (χ4n) is 5.03. The molecule has 2 aromatic rings. The highest BCUT2D eigenvalue weighted by Crippen LogP contribution is 2.36. The van der Waals surface area contributed by atoms with Crippen LogP contribution in [0.15, 0.2) is 42.6 Å². The number of amides is 1. The Labute approximate surface area is 258 Å². The topological polar surface area (TPSA) is 138 Å². The van der Waals surface area contributed by atoms with E-state index in [2.05, 4.69) is 17.2 Å². The first-order chi connectivity index (χ1) is 20.7. The highest BCUT2D eigenvalue weighted by atomic mass is 31.2. The number of aliphatic hydroxyl groups excluding tert-OH is 1. The van der Waals surface area contributed by atoms with Gasteiger partial charge in [-0.3, -0.25) is 14.3 Å². The van der Waals surface area contributed by atoms with Gasteiger partial charge in [-0.05, 0) is 36.6 Å². The van der Waals surface area contributed by atoms with Crippen molar-refractivity contribution in [1.29, 1.82) is 0 Å². The lowest BCUT2D eigenvalue weighted by Gasteiger charge is -2.25. The summed E-state index contributed by atoms with van der Waals surface area (Å²) >= 11 is 0. The second-order valence-corrected chi connectivity index (χ2v) is 13.1. The van der Waals surface area contributed by atoms with Crippen LogP contribution in [-0.2, 0) is 22.4 Å². The van der Waals surface area contributed by atoms with Gasteiger partial charge < -0.3 is 29.7 Å². The van der Waals surface area contributed by atoms with E-state index < -0.39 is 25.9 Å². The normalized spacial score (nSPS) is 13.0. The minimum atomic E-state index is -4.46. The number of pyridine rings is 1. The molecule has 0 aliphatic heterocycles. The van der Waals surface area contributed by atoms with Crippen molar-refractivity contribution in [1.82, 2.24) is 10.3 Å². The van der Waals surface area contributed by atoms with Crippen LogP contribution < -0.4 is 14.8 Å². The van der Waals surface area contributed by atoms with Gasteiger partial charge in [-0.15, -0.1) is 0 Å². The zero-order valence-corrected chi connectivity index (χ0v) is 27.0. The average molecular weight is 621 g/mol. The van der Waals surface area contributed by atoms with Gasteiger partial charge in [0.2, 0.25) is 5.91 Å². The number of nitrogens with zero attached hydrogens (tertiary/aromatic N) is 1. The van der Waals surface area contributed by atoms with E-state index in [-0.39, 0.29) is 18.9 Å². The van der Waals surface area contributed by atoms with Crippen LogP contribution in [0.1, 0.15) is 108 Å². The van der Waals surface area contributed by atoms with Gasteiger partial charge in [-0.2, -0.15) is 0 Å². The van der Waals surface area contributed by atoms with E-state index in [1.807, 2.05) is 12.1 Å². The van der Waals surface area contributed by atoms with Crippen LogP contribution in [0.2, 0.25) is 0 Å². The molecule has 0 aliphatic rings. The Morgan fingerprint density at radius 2 is 1.47 bits per heavy atom. The molecule has 1 aromatic carbocycles. The van der Waals surface area contributed by atoms with Crippen LogP contribution in [0.5, 0.6) is 11.5 Å². The second-order valence-electron chi connectivity index (χ2n) is 11.4. The Kier molecular flexibility index (Phi) is 18.2. The van der Waals surface area contributed by atoms with Gasteiger partial charge in [0.05, 0.1) is 31.1 Å². The quantitative estimate of drug-likeness (QED) is 0.0750. The first-order valence-corrected chi connectivity index (χ1v) is 17.7. The molecule has 0 bridgehead atoms. The standard InChI is InChI=1S/C33H53N2O7P/c1-3-4-5-6-7-8-9-10-11-12-13-14-15-16-33(37)35-31(32(36)26-43(38,39)40)23-27-17-19-29(20-18-27)42-25-28-24-30(41-2)21-22-34-28/h17-22,24,31-32,36H,3-16,23,25-26H2,1-2H3,(H,35,37)(H2,38,39,40)/t31-,32-/m0/s1. The number of nitrogens with one attached hydrogen (secondary N) is 1. The molecule has 9 nitrogen and oxygen atoms in total. The fraction of sp³-hybridized carbons (Fsp3) is 0.636. The minimum Gasteiger partial charge on any atom is -0.497 e. The van der Waals surface area contributed by atoms with Gasteiger partial charge in [-0.1, -0.05) is 96.1 Å². The second kappa shape index (κ2) is 21.3. The lowest BCUT2D eigenvalue weighted by molar-refractivity contribution is -0.122. The number of hydrogen-bond acceptors (Lipinski definition) is 6. The van der Waals surface area contributed by atoms with Crippen LogP contribution in [-0.4, -0.2) is 51.2 Å². The van der Waals surface area contributed by atoms with Crippen LogP contribution in [0, 0.1) is 0 Å². The molecule has 1 aromatic heterocycles. The Hall–Kier alpha value is -2.45. The molecule has 1 heterocycles. The molecule has 0 radical (unpaired) electrons. The predicted octanol–water partition coefficient (Wildman–Crippen LogP) is 6.72. The van der Waals surface area contributed by atoms with E-state index in [0.29, 0.717) is 17.9 Å². The Morgan fingerprint density at radius 3 is 2.02 bits per heavy atom. The molecule has 0 aliphatic carbocycles. The van der Waals surface area contributed by atoms with Crippen LogP contribution in [0.4, 0.5) is 0 Å². The summed E-state index contributed by atoms with van der Waals surface area (Å²) in [6.07, 6.45) is 15.9. The van der Waals surface area contributed by atoms with E-state index in [4.69, 9.17) is 9.47 Å². The number of hydrogen-bond donors (Lipinski definition) is 4. The molecule has 0 spiro atoms. The molecular formula is C33H53N2O7P. The number of carbonyl (C=O) groups is 1. The summed E-state index contributed by atoms with van der Waals surface area (Å²) in [6, 6.07) is 9.90. The fourth-order valence-corrected chi connectivity index (χ4v) is 5.77. The predicted molar refractivity (Wildman–Crippen MR) is 170 cm³/mol. The van der Waals surface area contributed by atoms with Gasteiger partial charge in [0.15, 0.2) is 0 Å². The number of rotatable bonds is 24. The Morgan fingerprint density at radius 1 is 0.884 bits per heavy atom. The molecule has 242 valence electrons. The molecule has 2 rings (SSSR count). The van der Waals surface area contributed by atoms with Crippen molar-refractivity contribution in [2.45, 2.75) is 122 Å². The SMILES string of the molecule is CCCCCCCCCCCCCCCC(=O)N[C@@H](Cc1ccc(OCc2cc(OC)ccn2)cc1)[C@@H](O)CP(=O)(O)O. The smallest absolute Gasteiger partial charge is 0.328 e. The van der Waals surface area contributed by atoms with Gasteiger partial charge in [0, 0.05) is 18.7 Å². The van der Waals surface area contributed by atoms with Gasteiger partial charge >= 0.3 is 7.60 Å². The highest BCUT2D eigenvalue weighted by molar-refractivity contribution is 7.51. The van der Waals surface area contributed by atoms with Gasteiger partial charge in [0.1, 0.15) is 18.1 Å². The number of ether oxygens (including phenoxy) is 2. The maximum Gasteiger partial charge on any atom is 0.328 e. The highest BCUT2D eigenvalue weighted by Gasteiger charge is 2.28. The van der Waals surface area contributed by atoms with Crippen molar-refractivity contribution in [3.8, 4) is 11.5 Å². The van der Waals surface area contributed by atoms with Gasteiger partial charge in [-0.25, -0.2) is 0 Å². The van der Waals surface area contributed by atoms with Crippen molar-refractivity contribution in [2.24, 2.45) is 0 Å². The third-order valence-corrected chi connectivity index (χ3v) is 8.38. The van der Waals surface area contributed by atoms with Crippen molar-refractivity contribution in [3.63, 3.8) is 0 Å². The summed E-state index contributed by atoms with van der Waals surface area (Å²) in [7, 11) is -2.87. The van der Waals surface area contributed by atoms with Gasteiger partial charge in [0.25, 0.3) is 0 Å². The van der Waals surface area contributed by atoms with Crippen molar-refractivity contribution >= 4 is 13.5 Å². The van der Waals surface area contributed by atoms with E-state index in [0.717, 1.165) is 30.5 Å². The lowest BCUT2D eigenvalue weighted by atomic mass is 10.0. The van der Waals surface area contributed by atoms with E-state index >= 15 is 0 Å². The summed E-state index contributed by atoms with van der Waals surface area (Å²) in [6.45, 7) is 2.50. The number of aromatic nitrogens is 1. The molecule has 0 saturated heterocycles. The molecule has 4 N–H and O–H groups in total. The molecule has 0 saturated carbocycles. The number of carbonyl (C=O) groups excluding carboxylic acids is 1. The third-order valence-electron chi connectivity index (χ3n) is 7.53. The van der Waals surface area contributed by atoms with Crippen LogP contribution in [0.25, 0.3) is 0 Å². The largest absolute Gasteiger partial charge is 0.497 e. The summed E-state index contributed by atoms with van der Waals surface area (Å²) in [4.78, 5) is 35.7. The monoisotopic (exact) mass is 620 g/mol. The van der Waals surface area contributed by atoms with Crippen molar-refractivity contribution in [3.05, 3.63) is 53.9 Å². The maximum atomic E-state index is 12.7. The van der Waals surface area contributed by atoms with E-state index in [1.165, 1.54) is 64.2 Å². The Balaban J connectivity index is 1.74.